The van der Waals surface area contributed by atoms with Crippen molar-refractivity contribution in [3.63, 3.8) is 0 Å². The lowest BCUT2D eigenvalue weighted by atomic mass is 10.2. The van der Waals surface area contributed by atoms with Crippen LogP contribution < -0.4 is 5.32 Å². The predicted octanol–water partition coefficient (Wildman–Crippen LogP) is 1.32. The Labute approximate surface area is 89.4 Å². The first-order chi connectivity index (χ1) is 7.18. The van der Waals surface area contributed by atoms with E-state index in [1.807, 2.05) is 0 Å². The monoisotopic (exact) mass is 211 g/mol. The topological polar surface area (TPSA) is 66.4 Å². The van der Waals surface area contributed by atoms with Gasteiger partial charge in [0.05, 0.1) is 0 Å². The van der Waals surface area contributed by atoms with Gasteiger partial charge in [0, 0.05) is 13.0 Å². The number of carbonyl (C=O) groups is 2. The van der Waals surface area contributed by atoms with E-state index in [0.717, 1.165) is 6.54 Å². The first kappa shape index (κ1) is 11.8. The summed E-state index contributed by atoms with van der Waals surface area (Å²) < 4.78 is 0. The minimum absolute atomic E-state index is 0.0720. The van der Waals surface area contributed by atoms with Gasteiger partial charge in [-0.25, -0.2) is 0 Å². The Balaban J connectivity index is 1.97. The minimum atomic E-state index is -0.790. The van der Waals surface area contributed by atoms with E-state index in [1.54, 1.807) is 6.08 Å². The van der Waals surface area contributed by atoms with Gasteiger partial charge in [-0.1, -0.05) is 6.08 Å². The van der Waals surface area contributed by atoms with Crippen molar-refractivity contribution in [1.29, 1.82) is 0 Å². The van der Waals surface area contributed by atoms with E-state index >= 15 is 0 Å². The van der Waals surface area contributed by atoms with Crippen molar-refractivity contribution in [2.24, 2.45) is 5.92 Å². The number of amides is 1. The number of rotatable bonds is 7. The summed E-state index contributed by atoms with van der Waals surface area (Å²) in [4.78, 5) is 21.3. The maximum absolute atomic E-state index is 11.2. The van der Waals surface area contributed by atoms with Gasteiger partial charge in [0.1, 0.15) is 0 Å². The first-order valence-electron chi connectivity index (χ1n) is 5.34. The molecule has 15 heavy (non-hydrogen) atoms. The number of carboxylic acids is 1. The first-order valence-corrected chi connectivity index (χ1v) is 5.34. The van der Waals surface area contributed by atoms with E-state index in [2.05, 4.69) is 5.32 Å². The van der Waals surface area contributed by atoms with Gasteiger partial charge in [-0.15, -0.1) is 0 Å². The fraction of sp³-hybridized carbons (Fsp3) is 0.636. The van der Waals surface area contributed by atoms with Gasteiger partial charge in [0.15, 0.2) is 0 Å². The molecule has 1 rings (SSSR count). The number of allylic oxidation sites excluding steroid dienone is 1. The summed E-state index contributed by atoms with van der Waals surface area (Å²) in [6.45, 7) is 0.776. The molecule has 0 aromatic carbocycles. The van der Waals surface area contributed by atoms with Gasteiger partial charge in [-0.05, 0) is 37.7 Å². The van der Waals surface area contributed by atoms with E-state index in [-0.39, 0.29) is 12.3 Å². The van der Waals surface area contributed by atoms with Gasteiger partial charge in [-0.3, -0.25) is 9.59 Å². The third kappa shape index (κ3) is 6.71. The SMILES string of the molecule is O=C(O)CCC/C=C/C(=O)NCC1CC1. The third-order valence-corrected chi connectivity index (χ3v) is 2.29. The molecule has 1 aliphatic carbocycles. The Kier molecular flexibility index (Phi) is 4.87. The molecule has 0 spiro atoms. The Morgan fingerprint density at radius 3 is 2.73 bits per heavy atom. The summed E-state index contributed by atoms with van der Waals surface area (Å²) in [5.41, 5.74) is 0. The average molecular weight is 211 g/mol. The molecule has 84 valence electrons. The van der Waals surface area contributed by atoms with Crippen LogP contribution in [0.5, 0.6) is 0 Å². The van der Waals surface area contributed by atoms with E-state index in [9.17, 15) is 9.59 Å². The Hall–Kier alpha value is -1.32. The summed E-state index contributed by atoms with van der Waals surface area (Å²) in [6.07, 6.45) is 7.06. The molecule has 0 bridgehead atoms. The largest absolute Gasteiger partial charge is 0.481 e. The van der Waals surface area contributed by atoms with Crippen molar-refractivity contribution < 1.29 is 14.7 Å². The molecule has 0 unspecified atom stereocenters. The van der Waals surface area contributed by atoms with Crippen molar-refractivity contribution in [2.75, 3.05) is 6.54 Å². The molecule has 0 aromatic heterocycles. The van der Waals surface area contributed by atoms with Crippen LogP contribution in [-0.2, 0) is 9.59 Å². The van der Waals surface area contributed by atoms with E-state index in [1.165, 1.54) is 18.9 Å². The zero-order valence-corrected chi connectivity index (χ0v) is 8.74. The van der Waals surface area contributed by atoms with Crippen molar-refractivity contribution in [3.8, 4) is 0 Å². The van der Waals surface area contributed by atoms with Crippen molar-refractivity contribution in [1.82, 2.24) is 5.32 Å². The van der Waals surface area contributed by atoms with Crippen LogP contribution >= 0.6 is 0 Å². The Bertz CT molecular complexity index is 257. The van der Waals surface area contributed by atoms with Gasteiger partial charge in [-0.2, -0.15) is 0 Å². The number of carbonyl (C=O) groups excluding carboxylic acids is 1. The van der Waals surface area contributed by atoms with E-state index in [4.69, 9.17) is 5.11 Å². The van der Waals surface area contributed by atoms with Crippen LogP contribution in [-0.4, -0.2) is 23.5 Å². The standard InChI is InChI=1S/C11H17NO3/c13-10(12-8-9-6-7-9)4-2-1-3-5-11(14)15/h2,4,9H,1,3,5-8H2,(H,12,13)(H,14,15)/b4-2+. The van der Waals surface area contributed by atoms with Gasteiger partial charge >= 0.3 is 5.97 Å². The average Bonchev–Trinajstić information content (AvgIpc) is 2.97. The van der Waals surface area contributed by atoms with Crippen LogP contribution in [0.2, 0.25) is 0 Å². The summed E-state index contributed by atoms with van der Waals surface area (Å²) in [7, 11) is 0. The summed E-state index contributed by atoms with van der Waals surface area (Å²) in [5, 5.41) is 11.2. The Morgan fingerprint density at radius 2 is 2.13 bits per heavy atom. The highest BCUT2D eigenvalue weighted by Gasteiger charge is 2.20. The second kappa shape index (κ2) is 6.22. The third-order valence-electron chi connectivity index (χ3n) is 2.29. The lowest BCUT2D eigenvalue weighted by Crippen LogP contribution is -2.23. The van der Waals surface area contributed by atoms with Crippen LogP contribution in [0.4, 0.5) is 0 Å². The number of aliphatic carboxylic acids is 1. The van der Waals surface area contributed by atoms with Crippen LogP contribution in [0, 0.1) is 5.92 Å². The highest BCUT2D eigenvalue weighted by molar-refractivity contribution is 5.87. The lowest BCUT2D eigenvalue weighted by Gasteiger charge is -1.98. The molecule has 2 N–H and O–H groups in total. The molecule has 0 aliphatic heterocycles. The van der Waals surface area contributed by atoms with E-state index < -0.39 is 5.97 Å². The van der Waals surface area contributed by atoms with Crippen LogP contribution in [0.1, 0.15) is 32.1 Å². The molecule has 0 atom stereocenters. The maximum atomic E-state index is 11.2. The highest BCUT2D eigenvalue weighted by atomic mass is 16.4. The van der Waals surface area contributed by atoms with Crippen LogP contribution in [0.15, 0.2) is 12.2 Å². The highest BCUT2D eigenvalue weighted by Crippen LogP contribution is 2.27. The molecular weight excluding hydrogens is 194 g/mol. The smallest absolute Gasteiger partial charge is 0.303 e. The van der Waals surface area contributed by atoms with Gasteiger partial charge in [0.25, 0.3) is 0 Å². The normalized spacial score (nSPS) is 15.5. The van der Waals surface area contributed by atoms with Gasteiger partial charge < -0.3 is 10.4 Å². The van der Waals surface area contributed by atoms with Crippen LogP contribution in [0.25, 0.3) is 0 Å². The molecule has 1 saturated carbocycles. The summed E-state index contributed by atoms with van der Waals surface area (Å²) in [5.74, 6) is -0.173. The number of unbranched alkanes of at least 4 members (excludes halogenated alkanes) is 1. The molecule has 0 aromatic rings. The molecule has 0 heterocycles. The van der Waals surface area contributed by atoms with Crippen LogP contribution in [0.3, 0.4) is 0 Å². The molecule has 1 fully saturated rings. The number of hydrogen-bond acceptors (Lipinski definition) is 2. The summed E-state index contributed by atoms with van der Waals surface area (Å²) in [6, 6.07) is 0. The molecule has 1 aliphatic rings. The number of nitrogens with one attached hydrogen (secondary N) is 1. The number of carboxylic acid groups (broad SMARTS) is 1. The molecule has 4 heteroatoms. The van der Waals surface area contributed by atoms with Gasteiger partial charge in [0.2, 0.25) is 5.91 Å². The fourth-order valence-corrected chi connectivity index (χ4v) is 1.19. The molecular formula is C11H17NO3. The maximum Gasteiger partial charge on any atom is 0.303 e. The zero-order valence-electron chi connectivity index (χ0n) is 8.74. The van der Waals surface area contributed by atoms with Crippen molar-refractivity contribution >= 4 is 11.9 Å². The molecule has 4 nitrogen and oxygen atoms in total. The fourth-order valence-electron chi connectivity index (χ4n) is 1.19. The van der Waals surface area contributed by atoms with E-state index in [0.29, 0.717) is 18.8 Å². The number of hydrogen-bond donors (Lipinski definition) is 2. The second-order valence-corrected chi connectivity index (χ2v) is 3.88. The quantitative estimate of drug-likeness (QED) is 0.493. The minimum Gasteiger partial charge on any atom is -0.481 e. The summed E-state index contributed by atoms with van der Waals surface area (Å²) >= 11 is 0. The lowest BCUT2D eigenvalue weighted by molar-refractivity contribution is -0.137. The predicted molar refractivity (Wildman–Crippen MR) is 56.4 cm³/mol. The van der Waals surface area contributed by atoms with Crippen molar-refractivity contribution in [2.45, 2.75) is 32.1 Å². The second-order valence-electron chi connectivity index (χ2n) is 3.88. The molecule has 0 radical (unpaired) electrons. The molecule has 1 amide bonds. The Morgan fingerprint density at radius 1 is 1.40 bits per heavy atom. The zero-order chi connectivity index (χ0) is 11.1. The van der Waals surface area contributed by atoms with Crippen molar-refractivity contribution in [3.05, 3.63) is 12.2 Å². The molecule has 0 saturated heterocycles.